The normalized spacial score (nSPS) is 17.3. The van der Waals surface area contributed by atoms with E-state index in [1.807, 2.05) is 29.2 Å². The minimum atomic E-state index is 0.00202. The fourth-order valence-corrected chi connectivity index (χ4v) is 3.82. The van der Waals surface area contributed by atoms with Crippen LogP contribution in [0, 0.1) is 0 Å². The number of amides is 1. The molecule has 0 N–H and O–H groups in total. The highest BCUT2D eigenvalue weighted by Gasteiger charge is 2.31. The van der Waals surface area contributed by atoms with E-state index in [0.29, 0.717) is 9.75 Å². The zero-order valence-corrected chi connectivity index (χ0v) is 14.1. The van der Waals surface area contributed by atoms with Crippen molar-refractivity contribution in [3.05, 3.63) is 51.7 Å². The fourth-order valence-electron chi connectivity index (χ4n) is 2.97. The lowest BCUT2D eigenvalue weighted by Gasteiger charge is -2.24. The van der Waals surface area contributed by atoms with Gasteiger partial charge in [-0.2, -0.15) is 0 Å². The molecule has 120 valence electrons. The highest BCUT2D eigenvalue weighted by atomic mass is 32.1. The molecule has 0 radical (unpaired) electrons. The molecule has 0 saturated carbocycles. The number of hydrogen-bond donors (Lipinski definition) is 0. The maximum Gasteiger partial charge on any atom is 0.264 e. The number of Topliss-reactive ketones (excluding diaryl/α,β-unsaturated/α-hetero) is 1. The third-order valence-corrected chi connectivity index (χ3v) is 5.35. The molecule has 23 heavy (non-hydrogen) atoms. The molecule has 1 fully saturated rings. The monoisotopic (exact) mass is 329 g/mol. The Bertz CT molecular complexity index is 720. The van der Waals surface area contributed by atoms with Gasteiger partial charge in [0, 0.05) is 6.54 Å². The van der Waals surface area contributed by atoms with Gasteiger partial charge in [-0.15, -0.1) is 11.3 Å². The summed E-state index contributed by atoms with van der Waals surface area (Å²) < 4.78 is 5.19. The van der Waals surface area contributed by atoms with Crippen molar-refractivity contribution in [1.29, 1.82) is 0 Å². The molecule has 0 spiro atoms. The summed E-state index contributed by atoms with van der Waals surface area (Å²) in [5.74, 6) is 0.831. The first-order valence-electron chi connectivity index (χ1n) is 7.66. The number of ketones is 1. The molecule has 2 heterocycles. The quantitative estimate of drug-likeness (QED) is 0.798. The van der Waals surface area contributed by atoms with Gasteiger partial charge in [0.05, 0.1) is 22.9 Å². The van der Waals surface area contributed by atoms with Crippen LogP contribution in [0.2, 0.25) is 0 Å². The van der Waals surface area contributed by atoms with Crippen LogP contribution in [0.5, 0.6) is 5.75 Å². The van der Waals surface area contributed by atoms with Crippen molar-refractivity contribution in [2.75, 3.05) is 13.7 Å². The van der Waals surface area contributed by atoms with Crippen LogP contribution in [0.1, 0.15) is 50.7 Å². The Hall–Kier alpha value is -2.14. The van der Waals surface area contributed by atoms with Crippen molar-refractivity contribution in [3.63, 3.8) is 0 Å². The number of nitrogens with zero attached hydrogens (tertiary/aromatic N) is 1. The summed E-state index contributed by atoms with van der Waals surface area (Å²) in [5.41, 5.74) is 1.12. The van der Waals surface area contributed by atoms with Crippen molar-refractivity contribution in [3.8, 4) is 5.75 Å². The standard InChI is InChI=1S/C18H19NO3S/c1-12(20)16-9-10-17(23-16)18(21)19-11-3-4-15(19)13-5-7-14(22-2)8-6-13/h5-10,15H,3-4,11H2,1-2H3/t15-/m0/s1. The van der Waals surface area contributed by atoms with Crippen LogP contribution in [0.4, 0.5) is 0 Å². The van der Waals surface area contributed by atoms with Crippen molar-refractivity contribution in [2.45, 2.75) is 25.8 Å². The summed E-state index contributed by atoms with van der Waals surface area (Å²) in [6.45, 7) is 2.28. The summed E-state index contributed by atoms with van der Waals surface area (Å²) in [5, 5.41) is 0. The molecule has 1 aliphatic heterocycles. The lowest BCUT2D eigenvalue weighted by molar-refractivity contribution is 0.0740. The minimum Gasteiger partial charge on any atom is -0.497 e. The fraction of sp³-hybridized carbons (Fsp3) is 0.333. The summed E-state index contributed by atoms with van der Waals surface area (Å²) in [6.07, 6.45) is 1.95. The Balaban J connectivity index is 1.82. The third-order valence-electron chi connectivity index (χ3n) is 4.18. The molecule has 0 aliphatic carbocycles. The Kier molecular flexibility index (Phi) is 4.48. The topological polar surface area (TPSA) is 46.6 Å². The Labute approximate surface area is 139 Å². The number of thiophene rings is 1. The van der Waals surface area contributed by atoms with E-state index in [4.69, 9.17) is 4.74 Å². The van der Waals surface area contributed by atoms with E-state index in [2.05, 4.69) is 0 Å². The van der Waals surface area contributed by atoms with Crippen LogP contribution in [0.3, 0.4) is 0 Å². The van der Waals surface area contributed by atoms with Crippen LogP contribution < -0.4 is 4.74 Å². The van der Waals surface area contributed by atoms with Gasteiger partial charge in [0.15, 0.2) is 5.78 Å². The Morgan fingerprint density at radius 2 is 1.83 bits per heavy atom. The molecule has 1 saturated heterocycles. The van der Waals surface area contributed by atoms with Crippen molar-refractivity contribution >= 4 is 23.0 Å². The van der Waals surface area contributed by atoms with Crippen LogP contribution in [0.15, 0.2) is 36.4 Å². The largest absolute Gasteiger partial charge is 0.497 e. The minimum absolute atomic E-state index is 0.00202. The lowest BCUT2D eigenvalue weighted by Crippen LogP contribution is -2.29. The van der Waals surface area contributed by atoms with E-state index in [0.717, 1.165) is 30.7 Å². The second kappa shape index (κ2) is 6.54. The van der Waals surface area contributed by atoms with Gasteiger partial charge in [0.1, 0.15) is 5.75 Å². The molecule has 2 aromatic rings. The van der Waals surface area contributed by atoms with Gasteiger partial charge >= 0.3 is 0 Å². The SMILES string of the molecule is COc1ccc([C@@H]2CCCN2C(=O)c2ccc(C(C)=O)s2)cc1. The van der Waals surface area contributed by atoms with Gasteiger partial charge in [-0.1, -0.05) is 12.1 Å². The second-order valence-electron chi connectivity index (χ2n) is 5.65. The highest BCUT2D eigenvalue weighted by molar-refractivity contribution is 7.15. The zero-order chi connectivity index (χ0) is 16.4. The van der Waals surface area contributed by atoms with Gasteiger partial charge in [0.2, 0.25) is 0 Å². The Morgan fingerprint density at radius 3 is 2.43 bits per heavy atom. The maximum absolute atomic E-state index is 12.8. The molecule has 1 atom stereocenters. The molecule has 1 aromatic heterocycles. The van der Waals surface area contributed by atoms with Gasteiger partial charge in [-0.05, 0) is 49.6 Å². The van der Waals surface area contributed by atoms with Crippen molar-refractivity contribution in [2.24, 2.45) is 0 Å². The molecule has 1 aliphatic rings. The van der Waals surface area contributed by atoms with Crippen LogP contribution in [-0.4, -0.2) is 30.2 Å². The molecule has 0 unspecified atom stereocenters. The zero-order valence-electron chi connectivity index (χ0n) is 13.2. The van der Waals surface area contributed by atoms with Gasteiger partial charge in [-0.25, -0.2) is 0 Å². The number of carbonyl (C=O) groups is 2. The molecular formula is C18H19NO3S. The predicted octanol–water partition coefficient (Wildman–Crippen LogP) is 3.94. The first-order valence-corrected chi connectivity index (χ1v) is 8.47. The van der Waals surface area contributed by atoms with Crippen molar-refractivity contribution in [1.82, 2.24) is 4.90 Å². The van der Waals surface area contributed by atoms with Gasteiger partial charge in [0.25, 0.3) is 5.91 Å². The molecular weight excluding hydrogens is 310 g/mol. The molecule has 1 aromatic carbocycles. The van der Waals surface area contributed by atoms with Gasteiger partial charge in [-0.3, -0.25) is 9.59 Å². The molecule has 4 nitrogen and oxygen atoms in total. The smallest absolute Gasteiger partial charge is 0.264 e. The van der Waals surface area contributed by atoms with E-state index in [1.54, 1.807) is 19.2 Å². The molecule has 0 bridgehead atoms. The van der Waals surface area contributed by atoms with Crippen LogP contribution in [-0.2, 0) is 0 Å². The number of ether oxygens (including phenoxy) is 1. The highest BCUT2D eigenvalue weighted by Crippen LogP contribution is 2.34. The van der Waals surface area contributed by atoms with E-state index in [-0.39, 0.29) is 17.7 Å². The average molecular weight is 329 g/mol. The Morgan fingerprint density at radius 1 is 1.13 bits per heavy atom. The van der Waals surface area contributed by atoms with Crippen LogP contribution in [0.25, 0.3) is 0 Å². The first kappa shape index (κ1) is 15.7. The molecule has 1 amide bonds. The summed E-state index contributed by atoms with van der Waals surface area (Å²) in [7, 11) is 1.64. The summed E-state index contributed by atoms with van der Waals surface area (Å²) in [4.78, 5) is 27.4. The van der Waals surface area contributed by atoms with Crippen molar-refractivity contribution < 1.29 is 14.3 Å². The molecule has 3 rings (SSSR count). The second-order valence-corrected chi connectivity index (χ2v) is 6.73. The van der Waals surface area contributed by atoms with Gasteiger partial charge < -0.3 is 9.64 Å². The maximum atomic E-state index is 12.8. The van der Waals surface area contributed by atoms with E-state index in [9.17, 15) is 9.59 Å². The van der Waals surface area contributed by atoms with E-state index in [1.165, 1.54) is 18.3 Å². The van der Waals surface area contributed by atoms with Crippen LogP contribution >= 0.6 is 11.3 Å². The number of carbonyl (C=O) groups excluding carboxylic acids is 2. The number of methoxy groups -OCH3 is 1. The number of hydrogen-bond acceptors (Lipinski definition) is 4. The average Bonchev–Trinajstić information content (AvgIpc) is 3.23. The summed E-state index contributed by atoms with van der Waals surface area (Å²) >= 11 is 1.28. The number of likely N-dealkylation sites (tertiary alicyclic amines) is 1. The third kappa shape index (κ3) is 3.15. The number of rotatable bonds is 4. The van der Waals surface area contributed by atoms with E-state index < -0.39 is 0 Å². The number of benzene rings is 1. The first-order chi connectivity index (χ1) is 11.1. The summed E-state index contributed by atoms with van der Waals surface area (Å²) in [6, 6.07) is 11.5. The predicted molar refractivity (Wildman–Crippen MR) is 90.3 cm³/mol. The molecule has 5 heteroatoms. The lowest BCUT2D eigenvalue weighted by atomic mass is 10.0. The van der Waals surface area contributed by atoms with E-state index >= 15 is 0 Å².